The van der Waals surface area contributed by atoms with E-state index in [0.29, 0.717) is 26.2 Å². The molecule has 0 saturated carbocycles. The molecule has 1 atom stereocenters. The normalized spacial score (nSPS) is 11.3. The second-order valence-corrected chi connectivity index (χ2v) is 7.55. The van der Waals surface area contributed by atoms with Crippen LogP contribution in [-0.4, -0.2) is 124 Å². The standard InChI is InChI=1S/C22H38N4O12/c1-2-17(27)23-5-7-35-9-11-37-14-19(29)24-6-8-36-10-12-38-15-20(30)26-16(22(33)34)3-4-18(28)25-13-21(31)32/h16H,2-15H2,1H3,(H,23,27)(H,24,29)(H,25,28)(H,26,30)(H,31,32)(H,33,34)/t16-/m0/s1. The molecule has 0 aliphatic rings. The van der Waals surface area contributed by atoms with Gasteiger partial charge in [-0.15, -0.1) is 0 Å². The second-order valence-electron chi connectivity index (χ2n) is 7.55. The van der Waals surface area contributed by atoms with E-state index in [1.54, 1.807) is 6.92 Å². The van der Waals surface area contributed by atoms with Crippen molar-refractivity contribution in [1.82, 2.24) is 21.3 Å². The lowest BCUT2D eigenvalue weighted by Crippen LogP contribution is -2.43. The lowest BCUT2D eigenvalue weighted by atomic mass is 10.1. The first-order chi connectivity index (χ1) is 18.1. The predicted octanol–water partition coefficient (Wildman–Crippen LogP) is -2.75. The van der Waals surface area contributed by atoms with Gasteiger partial charge in [-0.2, -0.15) is 0 Å². The van der Waals surface area contributed by atoms with Gasteiger partial charge in [0.15, 0.2) is 0 Å². The number of hydrogen-bond donors (Lipinski definition) is 6. The van der Waals surface area contributed by atoms with Crippen LogP contribution in [0, 0.1) is 0 Å². The van der Waals surface area contributed by atoms with Crippen molar-refractivity contribution in [3.63, 3.8) is 0 Å². The van der Waals surface area contributed by atoms with Crippen molar-refractivity contribution in [2.45, 2.75) is 32.2 Å². The van der Waals surface area contributed by atoms with E-state index < -0.39 is 42.9 Å². The van der Waals surface area contributed by atoms with E-state index in [4.69, 9.17) is 29.2 Å². The third kappa shape index (κ3) is 21.9. The van der Waals surface area contributed by atoms with Crippen molar-refractivity contribution in [3.05, 3.63) is 0 Å². The number of aliphatic carboxylic acids is 2. The first-order valence-electron chi connectivity index (χ1n) is 12.0. The number of carboxylic acid groups (broad SMARTS) is 2. The summed E-state index contributed by atoms with van der Waals surface area (Å²) in [5.74, 6) is -4.31. The zero-order valence-electron chi connectivity index (χ0n) is 21.5. The quantitative estimate of drug-likeness (QED) is 0.0672. The van der Waals surface area contributed by atoms with Crippen molar-refractivity contribution in [2.24, 2.45) is 0 Å². The topological polar surface area (TPSA) is 228 Å². The van der Waals surface area contributed by atoms with Gasteiger partial charge in [0.2, 0.25) is 23.6 Å². The molecule has 0 heterocycles. The Balaban J connectivity index is 3.69. The number of rotatable bonds is 24. The highest BCUT2D eigenvalue weighted by Gasteiger charge is 2.21. The summed E-state index contributed by atoms with van der Waals surface area (Å²) < 4.78 is 20.8. The molecule has 0 aromatic rings. The lowest BCUT2D eigenvalue weighted by Gasteiger charge is -2.14. The third-order valence-electron chi connectivity index (χ3n) is 4.40. The fraction of sp³-hybridized carbons (Fsp3) is 0.727. The first kappa shape index (κ1) is 34.7. The highest BCUT2D eigenvalue weighted by Crippen LogP contribution is 1.98. The van der Waals surface area contributed by atoms with Gasteiger partial charge >= 0.3 is 11.9 Å². The molecule has 0 unspecified atom stereocenters. The Morgan fingerprint density at radius 2 is 1.18 bits per heavy atom. The van der Waals surface area contributed by atoms with Crippen LogP contribution < -0.4 is 21.3 Å². The van der Waals surface area contributed by atoms with Gasteiger partial charge in [-0.25, -0.2) is 4.79 Å². The summed E-state index contributed by atoms with van der Waals surface area (Å²) in [4.78, 5) is 67.6. The van der Waals surface area contributed by atoms with Gasteiger partial charge in [-0.1, -0.05) is 6.92 Å². The number of carboxylic acids is 2. The molecule has 0 fully saturated rings. The van der Waals surface area contributed by atoms with Crippen LogP contribution in [-0.2, 0) is 47.7 Å². The average Bonchev–Trinajstić information content (AvgIpc) is 2.87. The predicted molar refractivity (Wildman–Crippen MR) is 129 cm³/mol. The van der Waals surface area contributed by atoms with Crippen LogP contribution in [0.15, 0.2) is 0 Å². The van der Waals surface area contributed by atoms with Gasteiger partial charge in [0.1, 0.15) is 25.8 Å². The molecule has 0 spiro atoms. The minimum Gasteiger partial charge on any atom is -0.480 e. The summed E-state index contributed by atoms with van der Waals surface area (Å²) >= 11 is 0. The Hall–Kier alpha value is -3.34. The van der Waals surface area contributed by atoms with Crippen LogP contribution >= 0.6 is 0 Å². The average molecular weight is 551 g/mol. The van der Waals surface area contributed by atoms with Crippen LogP contribution in [0.3, 0.4) is 0 Å². The summed E-state index contributed by atoms with van der Waals surface area (Å²) in [6.07, 6.45) is -0.0875. The van der Waals surface area contributed by atoms with E-state index >= 15 is 0 Å². The molecule has 38 heavy (non-hydrogen) atoms. The number of hydrogen-bond acceptors (Lipinski definition) is 10. The Labute approximate surface area is 220 Å². The van der Waals surface area contributed by atoms with Crippen LogP contribution in [0.25, 0.3) is 0 Å². The largest absolute Gasteiger partial charge is 0.480 e. The second kappa shape index (κ2) is 22.8. The number of carbonyl (C=O) groups excluding carboxylic acids is 4. The molecule has 0 bridgehead atoms. The van der Waals surface area contributed by atoms with Gasteiger partial charge < -0.3 is 50.4 Å². The molecule has 16 nitrogen and oxygen atoms in total. The van der Waals surface area contributed by atoms with E-state index in [2.05, 4.69) is 21.3 Å². The maximum absolute atomic E-state index is 11.8. The molecule has 0 aliphatic heterocycles. The highest BCUT2D eigenvalue weighted by molar-refractivity contribution is 5.85. The van der Waals surface area contributed by atoms with Gasteiger partial charge in [-0.05, 0) is 6.42 Å². The van der Waals surface area contributed by atoms with Gasteiger partial charge in [0, 0.05) is 25.9 Å². The Bertz CT molecular complexity index is 750. The number of carbonyl (C=O) groups is 6. The first-order valence-corrected chi connectivity index (χ1v) is 12.0. The highest BCUT2D eigenvalue weighted by atomic mass is 16.5. The number of nitrogens with one attached hydrogen (secondary N) is 4. The lowest BCUT2D eigenvalue weighted by molar-refractivity contribution is -0.143. The van der Waals surface area contributed by atoms with Crippen molar-refractivity contribution < 1.29 is 57.9 Å². The maximum Gasteiger partial charge on any atom is 0.326 e. The van der Waals surface area contributed by atoms with Crippen LogP contribution in [0.1, 0.15) is 26.2 Å². The van der Waals surface area contributed by atoms with Crippen molar-refractivity contribution in [2.75, 3.05) is 72.5 Å². The summed E-state index contributed by atoms with van der Waals surface area (Å²) in [6, 6.07) is -1.34. The number of amides is 4. The van der Waals surface area contributed by atoms with Gasteiger partial charge in [0.25, 0.3) is 0 Å². The van der Waals surface area contributed by atoms with Crippen LogP contribution in [0.4, 0.5) is 0 Å². The van der Waals surface area contributed by atoms with Gasteiger partial charge in [0.05, 0.1) is 39.6 Å². The SMILES string of the molecule is CCC(=O)NCCOCCOCC(=O)NCCOCCOCC(=O)N[C@@H](CCC(=O)NCC(=O)O)C(=O)O. The van der Waals surface area contributed by atoms with E-state index in [9.17, 15) is 28.8 Å². The van der Waals surface area contributed by atoms with Crippen molar-refractivity contribution >= 4 is 35.6 Å². The number of ether oxygens (including phenoxy) is 4. The minimum absolute atomic E-state index is 0.0436. The minimum atomic E-state index is -1.34. The zero-order valence-corrected chi connectivity index (χ0v) is 21.5. The zero-order chi connectivity index (χ0) is 28.6. The monoisotopic (exact) mass is 550 g/mol. The summed E-state index contributed by atoms with van der Waals surface area (Å²) in [5, 5.41) is 27.2. The summed E-state index contributed by atoms with van der Waals surface area (Å²) in [5.41, 5.74) is 0. The molecule has 0 saturated heterocycles. The summed E-state index contributed by atoms with van der Waals surface area (Å²) in [6.45, 7) is 2.49. The van der Waals surface area contributed by atoms with E-state index in [1.807, 2.05) is 0 Å². The Morgan fingerprint density at radius 1 is 0.658 bits per heavy atom. The molecule has 0 aromatic carbocycles. The van der Waals surface area contributed by atoms with E-state index in [0.717, 1.165) is 0 Å². The fourth-order valence-electron chi connectivity index (χ4n) is 2.50. The van der Waals surface area contributed by atoms with Crippen LogP contribution in [0.2, 0.25) is 0 Å². The molecule has 218 valence electrons. The van der Waals surface area contributed by atoms with Gasteiger partial charge in [-0.3, -0.25) is 24.0 Å². The molecule has 0 aliphatic carbocycles. The fourth-order valence-corrected chi connectivity index (χ4v) is 2.50. The van der Waals surface area contributed by atoms with E-state index in [1.165, 1.54) is 0 Å². The Morgan fingerprint density at radius 3 is 1.71 bits per heavy atom. The Kier molecular flexibility index (Phi) is 20.8. The molecular formula is C22H38N4O12. The molecule has 4 amide bonds. The smallest absolute Gasteiger partial charge is 0.326 e. The van der Waals surface area contributed by atoms with Crippen molar-refractivity contribution in [3.8, 4) is 0 Å². The molecule has 0 rings (SSSR count). The molecule has 6 N–H and O–H groups in total. The van der Waals surface area contributed by atoms with Crippen molar-refractivity contribution in [1.29, 1.82) is 0 Å². The molecule has 0 aromatic heterocycles. The molecule has 0 radical (unpaired) electrons. The van der Waals surface area contributed by atoms with Crippen LogP contribution in [0.5, 0.6) is 0 Å². The molecule has 16 heteroatoms. The maximum atomic E-state index is 11.8. The molecular weight excluding hydrogens is 512 g/mol. The summed E-state index contributed by atoms with van der Waals surface area (Å²) in [7, 11) is 0. The third-order valence-corrected chi connectivity index (χ3v) is 4.40. The van der Waals surface area contributed by atoms with E-state index in [-0.39, 0.29) is 64.2 Å².